The first-order valence-corrected chi connectivity index (χ1v) is 12.3. The molecule has 0 saturated heterocycles. The van der Waals surface area contributed by atoms with Crippen molar-refractivity contribution in [1.82, 2.24) is 9.47 Å². The number of carbonyl (C=O) groups is 1. The summed E-state index contributed by atoms with van der Waals surface area (Å²) in [5.41, 5.74) is 2.63. The van der Waals surface area contributed by atoms with Gasteiger partial charge in [-0.1, -0.05) is 70.7 Å². The van der Waals surface area contributed by atoms with Gasteiger partial charge in [-0.3, -0.25) is 4.79 Å². The van der Waals surface area contributed by atoms with Gasteiger partial charge >= 0.3 is 0 Å². The second-order valence-corrected chi connectivity index (χ2v) is 11.1. The van der Waals surface area contributed by atoms with Crippen LogP contribution < -0.4 is 0 Å². The molecule has 1 aromatic heterocycles. The molecule has 1 atom stereocenters. The number of benzene rings is 1. The number of halogens is 1. The maximum absolute atomic E-state index is 13.5. The Balaban J connectivity index is 1.75. The molecule has 1 amide bonds. The predicted octanol–water partition coefficient (Wildman–Crippen LogP) is 7.31. The molecule has 1 saturated carbocycles. The van der Waals surface area contributed by atoms with Crippen LogP contribution in [0.2, 0.25) is 5.02 Å². The second kappa shape index (κ2) is 10.7. The summed E-state index contributed by atoms with van der Waals surface area (Å²) in [6, 6.07) is 12.6. The lowest BCUT2D eigenvalue weighted by molar-refractivity contribution is -0.136. The molecule has 1 aromatic carbocycles. The number of rotatable bonds is 8. The Kier molecular flexibility index (Phi) is 8.27. The number of aromatic nitrogens is 1. The van der Waals surface area contributed by atoms with E-state index < -0.39 is 0 Å². The van der Waals surface area contributed by atoms with E-state index >= 15 is 0 Å². The van der Waals surface area contributed by atoms with Crippen molar-refractivity contribution in [3.63, 3.8) is 0 Å². The molecule has 170 valence electrons. The van der Waals surface area contributed by atoms with Crippen molar-refractivity contribution in [1.29, 1.82) is 0 Å². The summed E-state index contributed by atoms with van der Waals surface area (Å²) in [6.07, 6.45) is 9.85. The number of nitrogens with zero attached hydrogens (tertiary/aromatic N) is 2. The number of hydrogen-bond acceptors (Lipinski definition) is 1. The van der Waals surface area contributed by atoms with Crippen LogP contribution >= 0.6 is 11.6 Å². The van der Waals surface area contributed by atoms with Gasteiger partial charge in [0.2, 0.25) is 5.91 Å². The fraction of sp³-hybridized carbons (Fsp3) is 0.593. The highest BCUT2D eigenvalue weighted by molar-refractivity contribution is 6.30. The highest BCUT2D eigenvalue weighted by atomic mass is 35.5. The summed E-state index contributed by atoms with van der Waals surface area (Å²) in [6.45, 7) is 10.5. The van der Waals surface area contributed by atoms with Crippen molar-refractivity contribution < 1.29 is 4.79 Å². The molecule has 1 fully saturated rings. The van der Waals surface area contributed by atoms with Crippen molar-refractivity contribution in [2.75, 3.05) is 0 Å². The van der Waals surface area contributed by atoms with Crippen molar-refractivity contribution in [3.05, 3.63) is 58.9 Å². The first kappa shape index (κ1) is 23.9. The highest BCUT2D eigenvalue weighted by Gasteiger charge is 2.28. The van der Waals surface area contributed by atoms with Crippen LogP contribution in [0.1, 0.15) is 83.9 Å². The van der Waals surface area contributed by atoms with Crippen LogP contribution in [0, 0.1) is 11.3 Å². The van der Waals surface area contributed by atoms with Crippen molar-refractivity contribution in [2.45, 2.75) is 91.8 Å². The lowest BCUT2D eigenvalue weighted by Crippen LogP contribution is -2.42. The van der Waals surface area contributed by atoms with Crippen LogP contribution in [0.4, 0.5) is 0 Å². The summed E-state index contributed by atoms with van der Waals surface area (Å²) in [4.78, 5) is 15.7. The van der Waals surface area contributed by atoms with Gasteiger partial charge in [0.1, 0.15) is 0 Å². The third-order valence-corrected chi connectivity index (χ3v) is 6.55. The van der Waals surface area contributed by atoms with E-state index in [2.05, 4.69) is 61.6 Å². The molecule has 3 rings (SSSR count). The van der Waals surface area contributed by atoms with E-state index in [0.717, 1.165) is 30.8 Å². The van der Waals surface area contributed by atoms with Gasteiger partial charge in [-0.2, -0.15) is 0 Å². The first-order valence-electron chi connectivity index (χ1n) is 11.9. The van der Waals surface area contributed by atoms with Gasteiger partial charge in [0.25, 0.3) is 0 Å². The van der Waals surface area contributed by atoms with Crippen molar-refractivity contribution in [2.24, 2.45) is 11.3 Å². The largest absolute Gasteiger partial charge is 0.345 e. The van der Waals surface area contributed by atoms with Crippen LogP contribution in [0.25, 0.3) is 0 Å². The molecule has 0 aliphatic heterocycles. The van der Waals surface area contributed by atoms with E-state index in [4.69, 9.17) is 11.6 Å². The fourth-order valence-corrected chi connectivity index (χ4v) is 5.31. The van der Waals surface area contributed by atoms with Crippen molar-refractivity contribution >= 4 is 17.5 Å². The van der Waals surface area contributed by atoms with Gasteiger partial charge in [-0.15, -0.1) is 0 Å². The van der Waals surface area contributed by atoms with Crippen LogP contribution in [0.5, 0.6) is 0 Å². The van der Waals surface area contributed by atoms with E-state index in [1.54, 1.807) is 0 Å². The SMILES string of the molecule is CC(CC(=O)N(Cc1cccn1Cc1cccc(Cl)c1)C1CCCCC1)CC(C)(C)C. The molecule has 1 aliphatic rings. The van der Waals surface area contributed by atoms with E-state index in [0.29, 0.717) is 30.8 Å². The smallest absolute Gasteiger partial charge is 0.223 e. The van der Waals surface area contributed by atoms with Gasteiger partial charge in [-0.05, 0) is 60.4 Å². The van der Waals surface area contributed by atoms with Gasteiger partial charge in [0.05, 0.1) is 6.54 Å². The minimum absolute atomic E-state index is 0.251. The molecule has 3 nitrogen and oxygen atoms in total. The molecule has 2 aromatic rings. The Labute approximate surface area is 193 Å². The minimum atomic E-state index is 0.251. The number of carbonyl (C=O) groups excluding carboxylic acids is 1. The van der Waals surface area contributed by atoms with Gasteiger partial charge in [0, 0.05) is 35.9 Å². The Bertz CT molecular complexity index is 845. The molecule has 4 heteroatoms. The monoisotopic (exact) mass is 442 g/mol. The van der Waals surface area contributed by atoms with Gasteiger partial charge < -0.3 is 9.47 Å². The Morgan fingerprint density at radius 1 is 1.16 bits per heavy atom. The maximum atomic E-state index is 13.5. The Morgan fingerprint density at radius 3 is 2.58 bits per heavy atom. The van der Waals surface area contributed by atoms with Gasteiger partial charge in [0.15, 0.2) is 0 Å². The quantitative estimate of drug-likeness (QED) is 0.420. The molecule has 0 radical (unpaired) electrons. The third kappa shape index (κ3) is 7.42. The molecule has 1 heterocycles. The average Bonchev–Trinajstić information content (AvgIpc) is 3.11. The summed E-state index contributed by atoms with van der Waals surface area (Å²) in [5.74, 6) is 0.719. The van der Waals surface area contributed by atoms with Gasteiger partial charge in [-0.25, -0.2) is 0 Å². The standard InChI is InChI=1S/C27H39ClN2O/c1-21(18-27(2,3)4)16-26(31)30(24-12-6-5-7-13-24)20-25-14-9-15-29(25)19-22-10-8-11-23(28)17-22/h8-11,14-15,17,21,24H,5-7,12-13,16,18-20H2,1-4H3. The number of hydrogen-bond donors (Lipinski definition) is 0. The average molecular weight is 443 g/mol. The molecular formula is C27H39ClN2O. The van der Waals surface area contributed by atoms with Crippen LogP contribution in [-0.4, -0.2) is 21.4 Å². The zero-order valence-electron chi connectivity index (χ0n) is 19.7. The molecular weight excluding hydrogens is 404 g/mol. The van der Waals surface area contributed by atoms with E-state index in [-0.39, 0.29) is 5.41 Å². The van der Waals surface area contributed by atoms with Crippen LogP contribution in [-0.2, 0) is 17.9 Å². The maximum Gasteiger partial charge on any atom is 0.223 e. The fourth-order valence-electron chi connectivity index (χ4n) is 5.10. The van der Waals surface area contributed by atoms with E-state index in [1.807, 2.05) is 18.2 Å². The lowest BCUT2D eigenvalue weighted by Gasteiger charge is -2.36. The minimum Gasteiger partial charge on any atom is -0.345 e. The molecule has 1 unspecified atom stereocenters. The second-order valence-electron chi connectivity index (χ2n) is 10.6. The van der Waals surface area contributed by atoms with E-state index in [1.165, 1.54) is 30.5 Å². The summed E-state index contributed by atoms with van der Waals surface area (Å²) in [7, 11) is 0. The summed E-state index contributed by atoms with van der Waals surface area (Å²) >= 11 is 6.18. The normalized spacial score (nSPS) is 16.3. The highest BCUT2D eigenvalue weighted by Crippen LogP contribution is 2.29. The molecule has 0 N–H and O–H groups in total. The topological polar surface area (TPSA) is 25.2 Å². The lowest BCUT2D eigenvalue weighted by atomic mass is 9.84. The molecule has 31 heavy (non-hydrogen) atoms. The van der Waals surface area contributed by atoms with E-state index in [9.17, 15) is 4.79 Å². The molecule has 1 aliphatic carbocycles. The summed E-state index contributed by atoms with van der Waals surface area (Å²) < 4.78 is 2.26. The molecule has 0 spiro atoms. The van der Waals surface area contributed by atoms with Crippen LogP contribution in [0.3, 0.4) is 0 Å². The predicted molar refractivity (Wildman–Crippen MR) is 130 cm³/mol. The first-order chi connectivity index (χ1) is 14.7. The zero-order chi connectivity index (χ0) is 22.4. The Morgan fingerprint density at radius 2 is 1.90 bits per heavy atom. The summed E-state index contributed by atoms with van der Waals surface area (Å²) in [5, 5.41) is 0.762. The molecule has 0 bridgehead atoms. The Hall–Kier alpha value is -1.74. The van der Waals surface area contributed by atoms with Crippen molar-refractivity contribution in [3.8, 4) is 0 Å². The zero-order valence-corrected chi connectivity index (χ0v) is 20.5. The van der Waals surface area contributed by atoms with Crippen LogP contribution in [0.15, 0.2) is 42.6 Å². The third-order valence-electron chi connectivity index (χ3n) is 6.32. The number of amides is 1.